The summed E-state index contributed by atoms with van der Waals surface area (Å²) in [5.41, 5.74) is 0. The van der Waals surface area contributed by atoms with E-state index in [0.717, 1.165) is 12.8 Å². The fraction of sp³-hybridized carbons (Fsp3) is 0.889. The van der Waals surface area contributed by atoms with Crippen molar-refractivity contribution in [1.29, 1.82) is 0 Å². The van der Waals surface area contributed by atoms with Gasteiger partial charge in [0.15, 0.2) is 0 Å². The predicted molar refractivity (Wildman–Crippen MR) is 57.9 cm³/mol. The van der Waals surface area contributed by atoms with Gasteiger partial charge in [-0.25, -0.2) is 13.1 Å². The minimum atomic E-state index is -3.11. The molecule has 6 heteroatoms. The van der Waals surface area contributed by atoms with Crippen LogP contribution in [0.15, 0.2) is 0 Å². The molecule has 1 aliphatic carbocycles. The zero-order valence-corrected chi connectivity index (χ0v) is 9.77. The van der Waals surface area contributed by atoms with Gasteiger partial charge in [-0.05, 0) is 26.2 Å². The van der Waals surface area contributed by atoms with E-state index in [4.69, 9.17) is 0 Å². The fourth-order valence-corrected chi connectivity index (χ4v) is 1.77. The van der Waals surface area contributed by atoms with Crippen LogP contribution >= 0.6 is 0 Å². The van der Waals surface area contributed by atoms with Gasteiger partial charge in [-0.3, -0.25) is 4.79 Å². The van der Waals surface area contributed by atoms with Gasteiger partial charge in [0.2, 0.25) is 15.9 Å². The predicted octanol–water partition coefficient (Wildman–Crippen LogP) is -0.0155. The van der Waals surface area contributed by atoms with Crippen molar-refractivity contribution in [3.05, 3.63) is 0 Å². The van der Waals surface area contributed by atoms with Crippen molar-refractivity contribution in [1.82, 2.24) is 10.0 Å². The van der Waals surface area contributed by atoms with E-state index in [9.17, 15) is 13.2 Å². The maximum Gasteiger partial charge on any atom is 0.220 e. The number of hydrogen-bond donors (Lipinski definition) is 2. The first-order chi connectivity index (χ1) is 7.03. The lowest BCUT2D eigenvalue weighted by molar-refractivity contribution is -0.121. The smallest absolute Gasteiger partial charge is 0.220 e. The van der Waals surface area contributed by atoms with E-state index >= 15 is 0 Å². The van der Waals surface area contributed by atoms with Crippen LogP contribution in [0.4, 0.5) is 0 Å². The first kappa shape index (κ1) is 12.4. The van der Waals surface area contributed by atoms with Crippen LogP contribution in [0.2, 0.25) is 0 Å². The number of rotatable bonds is 7. The molecule has 1 saturated carbocycles. The Morgan fingerprint density at radius 3 is 2.60 bits per heavy atom. The Bertz CT molecular complexity index is 309. The molecule has 0 atom stereocenters. The summed E-state index contributed by atoms with van der Waals surface area (Å²) in [6.07, 6.45) is 3.10. The van der Waals surface area contributed by atoms with Crippen LogP contribution in [0.25, 0.3) is 0 Å². The number of carbonyl (C=O) groups is 1. The van der Waals surface area contributed by atoms with Crippen LogP contribution in [0.5, 0.6) is 0 Å². The number of amides is 1. The normalized spacial score (nSPS) is 16.3. The third kappa shape index (κ3) is 5.74. The second kappa shape index (κ2) is 5.46. The topological polar surface area (TPSA) is 75.3 Å². The molecule has 1 aliphatic rings. The lowest BCUT2D eigenvalue weighted by atomic mass is 10.3. The Morgan fingerprint density at radius 2 is 2.07 bits per heavy atom. The molecule has 5 nitrogen and oxygen atoms in total. The zero-order chi connectivity index (χ0) is 11.3. The Balaban J connectivity index is 2.03. The van der Waals surface area contributed by atoms with Crippen molar-refractivity contribution >= 4 is 15.9 Å². The summed E-state index contributed by atoms with van der Waals surface area (Å²) in [4.78, 5) is 11.2. The Kier molecular flexibility index (Phi) is 4.53. The van der Waals surface area contributed by atoms with E-state index < -0.39 is 10.0 Å². The van der Waals surface area contributed by atoms with Crippen molar-refractivity contribution in [3.63, 3.8) is 0 Å². The van der Waals surface area contributed by atoms with Gasteiger partial charge in [0.1, 0.15) is 0 Å². The molecule has 0 spiro atoms. The van der Waals surface area contributed by atoms with Crippen LogP contribution in [-0.4, -0.2) is 32.7 Å². The molecule has 1 rings (SSSR count). The van der Waals surface area contributed by atoms with Gasteiger partial charge in [-0.1, -0.05) is 0 Å². The van der Waals surface area contributed by atoms with Crippen LogP contribution in [0.3, 0.4) is 0 Å². The minimum Gasteiger partial charge on any atom is -0.353 e. The lowest BCUT2D eigenvalue weighted by Crippen LogP contribution is -2.29. The summed E-state index contributed by atoms with van der Waals surface area (Å²) in [5, 5.41) is 2.85. The third-order valence-electron chi connectivity index (χ3n) is 2.23. The van der Waals surface area contributed by atoms with E-state index in [1.807, 2.05) is 0 Å². The van der Waals surface area contributed by atoms with E-state index in [0.29, 0.717) is 25.4 Å². The van der Waals surface area contributed by atoms with Gasteiger partial charge in [0.25, 0.3) is 0 Å². The Labute approximate surface area is 90.7 Å². The average Bonchev–Trinajstić information content (AvgIpc) is 2.96. The molecule has 1 amide bonds. The highest BCUT2D eigenvalue weighted by Crippen LogP contribution is 2.18. The van der Waals surface area contributed by atoms with Crippen LogP contribution in [0, 0.1) is 0 Å². The number of hydrogen-bond acceptors (Lipinski definition) is 3. The minimum absolute atomic E-state index is 0.0215. The molecular formula is C9H18N2O3S. The molecule has 0 aliphatic heterocycles. The van der Waals surface area contributed by atoms with Gasteiger partial charge in [-0.2, -0.15) is 0 Å². The highest BCUT2D eigenvalue weighted by atomic mass is 32.2. The molecule has 0 aromatic carbocycles. The Hall–Kier alpha value is -0.620. The summed E-state index contributed by atoms with van der Waals surface area (Å²) in [6, 6.07) is 0.379. The second-order valence-corrected chi connectivity index (χ2v) is 5.84. The molecule has 1 fully saturated rings. The summed E-state index contributed by atoms with van der Waals surface area (Å²) >= 11 is 0. The van der Waals surface area contributed by atoms with Crippen molar-refractivity contribution < 1.29 is 13.2 Å². The Morgan fingerprint density at radius 1 is 1.40 bits per heavy atom. The van der Waals surface area contributed by atoms with Crippen molar-refractivity contribution in [2.75, 3.05) is 12.3 Å². The summed E-state index contributed by atoms with van der Waals surface area (Å²) < 4.78 is 24.5. The quantitative estimate of drug-likeness (QED) is 0.608. The van der Waals surface area contributed by atoms with E-state index in [-0.39, 0.29) is 11.7 Å². The van der Waals surface area contributed by atoms with Crippen LogP contribution in [0.1, 0.15) is 32.6 Å². The zero-order valence-electron chi connectivity index (χ0n) is 8.95. The molecule has 15 heavy (non-hydrogen) atoms. The fourth-order valence-electron chi connectivity index (χ4n) is 1.11. The molecule has 0 aromatic heterocycles. The van der Waals surface area contributed by atoms with Gasteiger partial charge >= 0.3 is 0 Å². The molecule has 0 aromatic rings. The molecule has 0 heterocycles. The largest absolute Gasteiger partial charge is 0.353 e. The first-order valence-electron chi connectivity index (χ1n) is 5.30. The van der Waals surface area contributed by atoms with Gasteiger partial charge in [0, 0.05) is 19.0 Å². The van der Waals surface area contributed by atoms with Crippen molar-refractivity contribution in [3.8, 4) is 0 Å². The summed E-state index contributed by atoms with van der Waals surface area (Å²) in [7, 11) is -3.11. The highest BCUT2D eigenvalue weighted by molar-refractivity contribution is 7.89. The van der Waals surface area contributed by atoms with Gasteiger partial charge in [-0.15, -0.1) is 0 Å². The summed E-state index contributed by atoms with van der Waals surface area (Å²) in [5.74, 6) is 0.106. The SMILES string of the molecule is CCS(=O)(=O)NCCCC(=O)NC1CC1. The molecule has 0 unspecified atom stereocenters. The molecular weight excluding hydrogens is 216 g/mol. The number of nitrogens with one attached hydrogen (secondary N) is 2. The maximum absolute atomic E-state index is 11.2. The van der Waals surface area contributed by atoms with Crippen LogP contribution < -0.4 is 10.0 Å². The molecule has 88 valence electrons. The molecule has 0 bridgehead atoms. The van der Waals surface area contributed by atoms with E-state index in [2.05, 4.69) is 10.0 Å². The van der Waals surface area contributed by atoms with Gasteiger partial charge < -0.3 is 5.32 Å². The first-order valence-corrected chi connectivity index (χ1v) is 6.95. The highest BCUT2D eigenvalue weighted by Gasteiger charge is 2.22. The lowest BCUT2D eigenvalue weighted by Gasteiger charge is -2.04. The monoisotopic (exact) mass is 234 g/mol. The molecule has 2 N–H and O–H groups in total. The number of carbonyl (C=O) groups excluding carboxylic acids is 1. The standard InChI is InChI=1S/C9H18N2O3S/c1-2-15(13,14)10-7-3-4-9(12)11-8-5-6-8/h8,10H,2-7H2,1H3,(H,11,12). The average molecular weight is 234 g/mol. The van der Waals surface area contributed by atoms with Crippen molar-refractivity contribution in [2.45, 2.75) is 38.6 Å². The molecule has 0 saturated heterocycles. The maximum atomic E-state index is 11.2. The van der Waals surface area contributed by atoms with E-state index in [1.165, 1.54) is 0 Å². The van der Waals surface area contributed by atoms with Crippen molar-refractivity contribution in [2.24, 2.45) is 0 Å². The summed E-state index contributed by atoms with van der Waals surface area (Å²) in [6.45, 7) is 1.93. The van der Waals surface area contributed by atoms with Crippen LogP contribution in [-0.2, 0) is 14.8 Å². The number of sulfonamides is 1. The second-order valence-electron chi connectivity index (χ2n) is 3.74. The third-order valence-corrected chi connectivity index (χ3v) is 3.63. The van der Waals surface area contributed by atoms with E-state index in [1.54, 1.807) is 6.92 Å². The van der Waals surface area contributed by atoms with Gasteiger partial charge in [0.05, 0.1) is 5.75 Å². The molecule has 0 radical (unpaired) electrons.